The summed E-state index contributed by atoms with van der Waals surface area (Å²) in [7, 11) is 0. The number of carbonyl (C=O) groups is 2. The average molecular weight is 361 g/mol. The molecule has 134 valence electrons. The van der Waals surface area contributed by atoms with Gasteiger partial charge in [-0.05, 0) is 42.9 Å². The summed E-state index contributed by atoms with van der Waals surface area (Å²) in [5.41, 5.74) is 1.87. The minimum atomic E-state index is -4.50. The maximum absolute atomic E-state index is 13.0. The molecule has 2 heterocycles. The Morgan fingerprint density at radius 1 is 1.12 bits per heavy atom. The van der Waals surface area contributed by atoms with Gasteiger partial charge in [0.2, 0.25) is 0 Å². The molecule has 1 unspecified atom stereocenters. The van der Waals surface area contributed by atoms with Crippen LogP contribution >= 0.6 is 0 Å². The maximum atomic E-state index is 13.0. The number of halogens is 3. The smallest absolute Gasteiger partial charge is 0.268 e. The number of pyridine rings is 1. The number of aromatic nitrogens is 1. The quantitative estimate of drug-likeness (QED) is 0.769. The molecule has 1 aromatic rings. The number of aliphatic imine (C=N–C) groups is 1. The van der Waals surface area contributed by atoms with Crippen LogP contribution in [0.5, 0.6) is 0 Å². The lowest BCUT2D eigenvalue weighted by Gasteiger charge is -2.30. The van der Waals surface area contributed by atoms with Gasteiger partial charge in [0.05, 0.1) is 29.1 Å². The first-order valence-electron chi connectivity index (χ1n) is 8.26. The van der Waals surface area contributed by atoms with Gasteiger partial charge in [0, 0.05) is 6.20 Å². The summed E-state index contributed by atoms with van der Waals surface area (Å²) in [5, 5.41) is 0. The van der Waals surface area contributed by atoms with E-state index >= 15 is 0 Å². The molecule has 0 fully saturated rings. The third-order valence-corrected chi connectivity index (χ3v) is 4.79. The Morgan fingerprint density at radius 2 is 1.88 bits per heavy atom. The van der Waals surface area contributed by atoms with Crippen molar-refractivity contribution in [3.8, 4) is 0 Å². The normalized spacial score (nSPS) is 22.6. The molecule has 0 saturated heterocycles. The van der Waals surface area contributed by atoms with Gasteiger partial charge in [0.25, 0.3) is 5.91 Å². The fraction of sp³-hybridized carbons (Fsp3) is 0.333. The van der Waals surface area contributed by atoms with Gasteiger partial charge in [-0.3, -0.25) is 9.78 Å². The second-order valence-corrected chi connectivity index (χ2v) is 6.43. The number of imide groups is 1. The van der Waals surface area contributed by atoms with Gasteiger partial charge < -0.3 is 0 Å². The number of allylic oxidation sites excluding steroid dienone is 3. The third kappa shape index (κ3) is 2.65. The van der Waals surface area contributed by atoms with Crippen LogP contribution in [0.1, 0.15) is 24.0 Å². The zero-order chi connectivity index (χ0) is 18.5. The summed E-state index contributed by atoms with van der Waals surface area (Å²) in [6.07, 6.45) is 4.78. The highest BCUT2D eigenvalue weighted by Gasteiger charge is 2.42. The maximum Gasteiger partial charge on any atom is 0.398 e. The lowest BCUT2D eigenvalue weighted by atomic mass is 9.90. The number of fused-ring (bicyclic) bond motifs is 2. The third-order valence-electron chi connectivity index (χ3n) is 4.79. The van der Waals surface area contributed by atoms with Gasteiger partial charge in [-0.15, -0.1) is 0 Å². The molecule has 1 atom stereocenters. The summed E-state index contributed by atoms with van der Waals surface area (Å²) in [6.45, 7) is 0. The van der Waals surface area contributed by atoms with Crippen LogP contribution in [0, 0.1) is 5.92 Å². The number of rotatable bonds is 1. The van der Waals surface area contributed by atoms with E-state index in [4.69, 9.17) is 0 Å². The van der Waals surface area contributed by atoms with Gasteiger partial charge in [-0.2, -0.15) is 18.2 Å². The molecule has 0 radical (unpaired) electrons. The first kappa shape index (κ1) is 16.7. The van der Waals surface area contributed by atoms with Crippen molar-refractivity contribution in [2.24, 2.45) is 10.9 Å². The summed E-state index contributed by atoms with van der Waals surface area (Å²) in [5.74, 6) is -2.67. The van der Waals surface area contributed by atoms with Crippen LogP contribution in [-0.4, -0.2) is 28.8 Å². The van der Waals surface area contributed by atoms with Crippen molar-refractivity contribution in [1.29, 1.82) is 0 Å². The van der Waals surface area contributed by atoms with Crippen LogP contribution in [0.2, 0.25) is 0 Å². The molecule has 3 amide bonds. The van der Waals surface area contributed by atoms with E-state index in [0.717, 1.165) is 53.5 Å². The lowest BCUT2D eigenvalue weighted by molar-refractivity contribution is -0.149. The molecule has 0 aromatic carbocycles. The summed E-state index contributed by atoms with van der Waals surface area (Å²) >= 11 is 0. The average Bonchev–Trinajstić information content (AvgIpc) is 2.61. The van der Waals surface area contributed by atoms with Gasteiger partial charge in [-0.1, -0.05) is 12.2 Å². The fourth-order valence-corrected chi connectivity index (χ4v) is 3.49. The Balaban J connectivity index is 1.79. The van der Waals surface area contributed by atoms with Crippen LogP contribution < -0.4 is 4.90 Å². The van der Waals surface area contributed by atoms with Crippen molar-refractivity contribution in [3.05, 3.63) is 47.3 Å². The molecule has 0 spiro atoms. The Morgan fingerprint density at radius 3 is 2.65 bits per heavy atom. The number of alkyl halides is 3. The standard InChI is InChI=1S/C18H14F3N3O2/c19-18(20,21)11-5-6-14-13(7-11)16(25)24(17(26)23-14)15-9-22-8-10-3-1-2-4-12(10)15/h5-9,11H,1-4H2. The zero-order valence-electron chi connectivity index (χ0n) is 13.6. The highest BCUT2D eigenvalue weighted by atomic mass is 19.4. The second-order valence-electron chi connectivity index (χ2n) is 6.43. The summed E-state index contributed by atoms with van der Waals surface area (Å²) in [4.78, 5) is 34.0. The van der Waals surface area contributed by atoms with Crippen LogP contribution in [-0.2, 0) is 17.6 Å². The molecule has 26 heavy (non-hydrogen) atoms. The van der Waals surface area contributed by atoms with E-state index < -0.39 is 24.0 Å². The number of carbonyl (C=O) groups excluding carboxylic acids is 2. The number of anilines is 1. The summed E-state index contributed by atoms with van der Waals surface area (Å²) < 4.78 is 39.0. The van der Waals surface area contributed by atoms with E-state index in [1.54, 1.807) is 6.20 Å². The number of aryl methyl sites for hydroxylation is 1. The van der Waals surface area contributed by atoms with E-state index in [0.29, 0.717) is 12.1 Å². The first-order valence-corrected chi connectivity index (χ1v) is 8.26. The lowest BCUT2D eigenvalue weighted by Crippen LogP contribution is -2.44. The minimum absolute atomic E-state index is 0.0329. The van der Waals surface area contributed by atoms with E-state index in [2.05, 4.69) is 9.98 Å². The first-order chi connectivity index (χ1) is 12.4. The molecule has 3 aliphatic rings. The minimum Gasteiger partial charge on any atom is -0.268 e. The fourth-order valence-electron chi connectivity index (χ4n) is 3.49. The zero-order valence-corrected chi connectivity index (χ0v) is 13.6. The Bertz CT molecular complexity index is 899. The molecule has 0 saturated carbocycles. The highest BCUT2D eigenvalue weighted by molar-refractivity contribution is 6.40. The SMILES string of the molecule is O=C1N=C2C=CC(C(F)(F)F)C=C2C(=O)N1c1cncc2c1CCCC2. The number of amides is 3. The number of hydrogen-bond acceptors (Lipinski definition) is 3. The van der Waals surface area contributed by atoms with Crippen LogP contribution in [0.25, 0.3) is 0 Å². The summed E-state index contributed by atoms with van der Waals surface area (Å²) in [6, 6.07) is -0.807. The second kappa shape index (κ2) is 5.89. The Labute approximate surface area is 146 Å². The molecule has 2 aliphatic carbocycles. The molecule has 1 aliphatic heterocycles. The van der Waals surface area contributed by atoms with Crippen LogP contribution in [0.15, 0.2) is 41.2 Å². The van der Waals surface area contributed by atoms with Gasteiger partial charge >= 0.3 is 12.2 Å². The van der Waals surface area contributed by atoms with Gasteiger partial charge in [0.1, 0.15) is 0 Å². The van der Waals surface area contributed by atoms with Gasteiger partial charge in [-0.25, -0.2) is 9.69 Å². The molecule has 4 rings (SSSR count). The van der Waals surface area contributed by atoms with Crippen LogP contribution in [0.3, 0.4) is 0 Å². The van der Waals surface area contributed by atoms with Crippen molar-refractivity contribution < 1.29 is 22.8 Å². The van der Waals surface area contributed by atoms with E-state index in [9.17, 15) is 22.8 Å². The predicted molar refractivity (Wildman–Crippen MR) is 88.0 cm³/mol. The monoisotopic (exact) mass is 361 g/mol. The Hall–Kier alpha value is -2.77. The molecule has 8 heteroatoms. The topological polar surface area (TPSA) is 62.6 Å². The number of urea groups is 1. The van der Waals surface area contributed by atoms with Crippen molar-refractivity contribution in [1.82, 2.24) is 4.98 Å². The predicted octanol–water partition coefficient (Wildman–Crippen LogP) is 3.54. The van der Waals surface area contributed by atoms with Crippen molar-refractivity contribution in [3.63, 3.8) is 0 Å². The van der Waals surface area contributed by atoms with Crippen molar-refractivity contribution in [2.45, 2.75) is 31.9 Å². The molecule has 0 bridgehead atoms. The van der Waals surface area contributed by atoms with E-state index in [1.165, 1.54) is 6.20 Å². The van der Waals surface area contributed by atoms with Crippen LogP contribution in [0.4, 0.5) is 23.7 Å². The number of hydrogen-bond donors (Lipinski definition) is 0. The Kier molecular flexibility index (Phi) is 3.78. The molecule has 1 aromatic heterocycles. The van der Waals surface area contributed by atoms with Gasteiger partial charge in [0.15, 0.2) is 0 Å². The van der Waals surface area contributed by atoms with Crippen molar-refractivity contribution >= 4 is 23.3 Å². The molecular weight excluding hydrogens is 347 g/mol. The molecular formula is C18H14F3N3O2. The molecule has 5 nitrogen and oxygen atoms in total. The molecule has 0 N–H and O–H groups in total. The number of nitrogens with zero attached hydrogens (tertiary/aromatic N) is 3. The van der Waals surface area contributed by atoms with Crippen molar-refractivity contribution in [2.75, 3.05) is 4.90 Å². The van der Waals surface area contributed by atoms with E-state index in [-0.39, 0.29) is 11.3 Å². The largest absolute Gasteiger partial charge is 0.398 e. The highest BCUT2D eigenvalue weighted by Crippen LogP contribution is 2.36. The van der Waals surface area contributed by atoms with E-state index in [1.807, 2.05) is 0 Å².